The summed E-state index contributed by atoms with van der Waals surface area (Å²) in [6, 6.07) is 12.2. The first kappa shape index (κ1) is 20.0. The lowest BCUT2D eigenvalue weighted by atomic mass is 10.2. The molecule has 156 valence electrons. The largest absolute Gasteiger partial charge is 0.328 e. The van der Waals surface area contributed by atoms with Crippen LogP contribution in [-0.4, -0.2) is 33.5 Å². The first-order valence-corrected chi connectivity index (χ1v) is 11.2. The predicted molar refractivity (Wildman–Crippen MR) is 114 cm³/mol. The van der Waals surface area contributed by atoms with Gasteiger partial charge in [0.2, 0.25) is 15.9 Å². The summed E-state index contributed by atoms with van der Waals surface area (Å²) in [7, 11) is -3.80. The molecule has 0 fully saturated rings. The molecule has 0 aliphatic rings. The Hall–Kier alpha value is -3.24. The number of nitrogens with one attached hydrogen (secondary N) is 1. The third-order valence-electron chi connectivity index (χ3n) is 4.85. The summed E-state index contributed by atoms with van der Waals surface area (Å²) < 4.78 is 26.9. The summed E-state index contributed by atoms with van der Waals surface area (Å²) in [5.41, 5.74) is 5.82. The number of aryl methyl sites for hydroxylation is 2. The number of aromatic nitrogens is 4. The predicted octanol–water partition coefficient (Wildman–Crippen LogP) is 2.15. The molecule has 2 heterocycles. The molecule has 0 aliphatic carbocycles. The quantitative estimate of drug-likeness (QED) is 0.468. The first-order chi connectivity index (χ1) is 14.4. The SMILES string of the molecule is CCCn1c(CCC(=O)Nn2cnc3ccccc32)nc2cc(S(N)(=O)=O)ccc21. The fraction of sp³-hybridized carbons (Fsp3) is 0.250. The normalized spacial score (nSPS) is 11.9. The van der Waals surface area contributed by atoms with Crippen LogP contribution >= 0.6 is 0 Å². The standard InChI is InChI=1S/C20H22N6O3S/c1-2-11-25-17-8-7-14(30(21,28)29)12-16(17)23-19(25)9-10-20(27)24-26-13-22-15-5-3-4-6-18(15)26/h3-8,12-13H,2,9-11H2,1H3,(H,24,27)(H2,21,28,29). The second-order valence-corrected chi connectivity index (χ2v) is 8.57. The molecule has 0 radical (unpaired) electrons. The molecule has 0 saturated carbocycles. The van der Waals surface area contributed by atoms with Crippen molar-refractivity contribution in [3.05, 3.63) is 54.6 Å². The number of amides is 1. The summed E-state index contributed by atoms with van der Waals surface area (Å²) in [5, 5.41) is 5.23. The maximum Gasteiger partial charge on any atom is 0.239 e. The average molecular weight is 427 g/mol. The van der Waals surface area contributed by atoms with Gasteiger partial charge in [-0.3, -0.25) is 10.2 Å². The Kier molecular flexibility index (Phi) is 5.27. The van der Waals surface area contributed by atoms with Crippen LogP contribution in [0.25, 0.3) is 22.1 Å². The van der Waals surface area contributed by atoms with Crippen LogP contribution in [0.15, 0.2) is 53.7 Å². The molecule has 0 saturated heterocycles. The van der Waals surface area contributed by atoms with Crippen LogP contribution in [0.3, 0.4) is 0 Å². The fourth-order valence-corrected chi connectivity index (χ4v) is 4.00. The van der Waals surface area contributed by atoms with Gasteiger partial charge >= 0.3 is 0 Å². The van der Waals surface area contributed by atoms with Crippen molar-refractivity contribution in [3.63, 3.8) is 0 Å². The van der Waals surface area contributed by atoms with E-state index in [-0.39, 0.29) is 17.2 Å². The average Bonchev–Trinajstić information content (AvgIpc) is 3.27. The number of benzene rings is 2. The smallest absolute Gasteiger partial charge is 0.239 e. The molecule has 4 rings (SSSR count). The molecule has 0 unspecified atom stereocenters. The Morgan fingerprint density at radius 1 is 1.13 bits per heavy atom. The van der Waals surface area contributed by atoms with Gasteiger partial charge in [0.1, 0.15) is 12.2 Å². The van der Waals surface area contributed by atoms with Gasteiger partial charge in [-0.2, -0.15) is 0 Å². The van der Waals surface area contributed by atoms with Gasteiger partial charge in [-0.15, -0.1) is 0 Å². The highest BCUT2D eigenvalue weighted by Gasteiger charge is 2.16. The van der Waals surface area contributed by atoms with Crippen molar-refractivity contribution < 1.29 is 13.2 Å². The third-order valence-corrected chi connectivity index (χ3v) is 5.76. The summed E-state index contributed by atoms with van der Waals surface area (Å²) >= 11 is 0. The van der Waals surface area contributed by atoms with E-state index in [0.717, 1.165) is 28.8 Å². The maximum atomic E-state index is 12.5. The number of imidazole rings is 2. The number of nitrogens with zero attached hydrogens (tertiary/aromatic N) is 4. The number of rotatable bonds is 7. The van der Waals surface area contributed by atoms with E-state index in [1.54, 1.807) is 17.1 Å². The molecule has 0 aliphatic heterocycles. The van der Waals surface area contributed by atoms with Crippen molar-refractivity contribution in [2.75, 3.05) is 5.43 Å². The minimum absolute atomic E-state index is 0.0208. The van der Waals surface area contributed by atoms with Gasteiger partial charge in [-0.1, -0.05) is 19.1 Å². The van der Waals surface area contributed by atoms with Gasteiger partial charge in [0, 0.05) is 19.4 Å². The van der Waals surface area contributed by atoms with Crippen LogP contribution in [0.5, 0.6) is 0 Å². The summed E-state index contributed by atoms with van der Waals surface area (Å²) in [5.74, 6) is 0.558. The van der Waals surface area contributed by atoms with Gasteiger partial charge < -0.3 is 4.57 Å². The van der Waals surface area contributed by atoms with E-state index in [1.807, 2.05) is 35.8 Å². The summed E-state index contributed by atoms with van der Waals surface area (Å²) in [6.45, 7) is 2.76. The minimum Gasteiger partial charge on any atom is -0.328 e. The van der Waals surface area contributed by atoms with Crippen LogP contribution < -0.4 is 10.6 Å². The lowest BCUT2D eigenvalue weighted by Gasteiger charge is -2.09. The van der Waals surface area contributed by atoms with Crippen LogP contribution in [-0.2, 0) is 27.8 Å². The number of carbonyl (C=O) groups excluding carboxylic acids is 1. The Morgan fingerprint density at radius 2 is 1.93 bits per heavy atom. The first-order valence-electron chi connectivity index (χ1n) is 9.60. The molecular formula is C20H22N6O3S. The third kappa shape index (κ3) is 3.91. The van der Waals surface area contributed by atoms with E-state index in [4.69, 9.17) is 5.14 Å². The number of sulfonamides is 1. The molecule has 9 nitrogen and oxygen atoms in total. The summed E-state index contributed by atoms with van der Waals surface area (Å²) in [4.78, 5) is 21.4. The molecule has 4 aromatic rings. The highest BCUT2D eigenvalue weighted by Crippen LogP contribution is 2.21. The van der Waals surface area contributed by atoms with Crippen LogP contribution in [0.2, 0.25) is 0 Å². The zero-order chi connectivity index (χ0) is 21.3. The molecule has 1 amide bonds. The van der Waals surface area contributed by atoms with Crippen molar-refractivity contribution in [2.45, 2.75) is 37.6 Å². The van der Waals surface area contributed by atoms with Crippen molar-refractivity contribution in [2.24, 2.45) is 5.14 Å². The maximum absolute atomic E-state index is 12.5. The lowest BCUT2D eigenvalue weighted by Crippen LogP contribution is -2.22. The lowest BCUT2D eigenvalue weighted by molar-refractivity contribution is -0.117. The van der Waals surface area contributed by atoms with Crippen LogP contribution in [0.1, 0.15) is 25.6 Å². The van der Waals surface area contributed by atoms with Gasteiger partial charge in [-0.25, -0.2) is 28.2 Å². The number of fused-ring (bicyclic) bond motifs is 2. The number of carbonyl (C=O) groups is 1. The Morgan fingerprint density at radius 3 is 2.70 bits per heavy atom. The molecule has 0 atom stereocenters. The van der Waals surface area contributed by atoms with E-state index in [2.05, 4.69) is 15.4 Å². The fourth-order valence-electron chi connectivity index (χ4n) is 3.46. The number of hydrogen-bond donors (Lipinski definition) is 2. The number of nitrogens with two attached hydrogens (primary N) is 1. The van der Waals surface area contributed by atoms with E-state index in [0.29, 0.717) is 18.5 Å². The highest BCUT2D eigenvalue weighted by molar-refractivity contribution is 7.89. The molecule has 2 aromatic heterocycles. The van der Waals surface area contributed by atoms with Gasteiger partial charge in [0.05, 0.1) is 27.0 Å². The molecule has 2 aromatic carbocycles. The van der Waals surface area contributed by atoms with Crippen molar-refractivity contribution in [1.29, 1.82) is 0 Å². The molecule has 3 N–H and O–H groups in total. The van der Waals surface area contributed by atoms with Crippen molar-refractivity contribution in [3.8, 4) is 0 Å². The number of para-hydroxylation sites is 2. The number of primary sulfonamides is 1. The molecule has 0 spiro atoms. The zero-order valence-electron chi connectivity index (χ0n) is 16.4. The van der Waals surface area contributed by atoms with Crippen molar-refractivity contribution >= 4 is 38.0 Å². The minimum atomic E-state index is -3.80. The molecule has 0 bridgehead atoms. The second-order valence-electron chi connectivity index (χ2n) is 7.01. The Labute approximate surface area is 173 Å². The van der Waals surface area contributed by atoms with Gasteiger partial charge in [-0.05, 0) is 36.8 Å². The molecular weight excluding hydrogens is 404 g/mol. The molecule has 30 heavy (non-hydrogen) atoms. The topological polar surface area (TPSA) is 125 Å². The van der Waals surface area contributed by atoms with E-state index in [1.165, 1.54) is 12.1 Å². The van der Waals surface area contributed by atoms with E-state index in [9.17, 15) is 13.2 Å². The second kappa shape index (κ2) is 7.88. The highest BCUT2D eigenvalue weighted by atomic mass is 32.2. The Balaban J connectivity index is 1.55. The number of hydrogen-bond acceptors (Lipinski definition) is 5. The molecule has 10 heteroatoms. The van der Waals surface area contributed by atoms with Crippen molar-refractivity contribution in [1.82, 2.24) is 19.2 Å². The summed E-state index contributed by atoms with van der Waals surface area (Å²) in [6.07, 6.45) is 3.09. The van der Waals surface area contributed by atoms with Gasteiger partial charge in [0.15, 0.2) is 0 Å². The van der Waals surface area contributed by atoms with Crippen LogP contribution in [0, 0.1) is 0 Å². The van der Waals surface area contributed by atoms with Crippen LogP contribution in [0.4, 0.5) is 0 Å². The zero-order valence-corrected chi connectivity index (χ0v) is 17.3. The van der Waals surface area contributed by atoms with E-state index < -0.39 is 10.0 Å². The Bertz CT molecular complexity index is 1340. The van der Waals surface area contributed by atoms with E-state index >= 15 is 0 Å². The van der Waals surface area contributed by atoms with Gasteiger partial charge in [0.25, 0.3) is 0 Å². The monoisotopic (exact) mass is 426 g/mol.